The first kappa shape index (κ1) is 21.7. The summed E-state index contributed by atoms with van der Waals surface area (Å²) in [6.45, 7) is 4.83. The standard InChI is InChI=1S/C22H23FN4O2S/c1-15(2)6-5-13-25-22-21(26-18-7-3-4-8-19(18)27-22)20(14-24)30(28,29)17-11-9-16(23)10-12-17/h3-4,7-12,15,20H,5-6,13H2,1-2H3,(H,25,27). The van der Waals surface area contributed by atoms with Gasteiger partial charge in [-0.05, 0) is 55.2 Å². The van der Waals surface area contributed by atoms with E-state index in [1.165, 1.54) is 0 Å². The molecule has 0 amide bonds. The Kier molecular flexibility index (Phi) is 6.63. The Morgan fingerprint density at radius 1 is 1.07 bits per heavy atom. The molecular formula is C22H23FN4O2S. The van der Waals surface area contributed by atoms with Gasteiger partial charge in [-0.2, -0.15) is 5.26 Å². The van der Waals surface area contributed by atoms with Gasteiger partial charge in [0.2, 0.25) is 9.84 Å². The van der Waals surface area contributed by atoms with Crippen molar-refractivity contribution in [3.05, 3.63) is 60.0 Å². The van der Waals surface area contributed by atoms with E-state index in [0.29, 0.717) is 23.5 Å². The number of hydrogen-bond acceptors (Lipinski definition) is 6. The third kappa shape index (κ3) is 4.74. The Hall–Kier alpha value is -3.05. The molecule has 1 unspecified atom stereocenters. The number of benzene rings is 2. The molecule has 30 heavy (non-hydrogen) atoms. The predicted molar refractivity (Wildman–Crippen MR) is 114 cm³/mol. The van der Waals surface area contributed by atoms with E-state index in [2.05, 4.69) is 29.1 Å². The molecule has 1 N–H and O–H groups in total. The highest BCUT2D eigenvalue weighted by Gasteiger charge is 2.33. The zero-order chi connectivity index (χ0) is 21.7. The van der Waals surface area contributed by atoms with Crippen molar-refractivity contribution in [1.82, 2.24) is 9.97 Å². The van der Waals surface area contributed by atoms with Crippen LogP contribution in [0.2, 0.25) is 0 Å². The molecule has 1 aromatic heterocycles. The van der Waals surface area contributed by atoms with Crippen LogP contribution in [0, 0.1) is 23.1 Å². The van der Waals surface area contributed by atoms with E-state index in [1.54, 1.807) is 18.2 Å². The van der Waals surface area contributed by atoms with Gasteiger partial charge < -0.3 is 5.32 Å². The van der Waals surface area contributed by atoms with E-state index in [0.717, 1.165) is 37.1 Å². The minimum absolute atomic E-state index is 0.0464. The van der Waals surface area contributed by atoms with Gasteiger partial charge in [0, 0.05) is 6.54 Å². The van der Waals surface area contributed by atoms with Gasteiger partial charge >= 0.3 is 0 Å². The Balaban J connectivity index is 2.05. The summed E-state index contributed by atoms with van der Waals surface area (Å²) in [7, 11) is -4.13. The van der Waals surface area contributed by atoms with Crippen LogP contribution in [0.25, 0.3) is 11.0 Å². The van der Waals surface area contributed by atoms with Crippen molar-refractivity contribution in [2.45, 2.75) is 36.8 Å². The van der Waals surface area contributed by atoms with Crippen LogP contribution in [-0.2, 0) is 9.84 Å². The molecule has 0 bridgehead atoms. The lowest BCUT2D eigenvalue weighted by Crippen LogP contribution is -2.18. The summed E-state index contributed by atoms with van der Waals surface area (Å²) in [5.41, 5.74) is 1.14. The van der Waals surface area contributed by atoms with Crippen LogP contribution >= 0.6 is 0 Å². The first-order valence-electron chi connectivity index (χ1n) is 9.72. The second-order valence-electron chi connectivity index (χ2n) is 7.42. The van der Waals surface area contributed by atoms with Crippen LogP contribution < -0.4 is 5.32 Å². The van der Waals surface area contributed by atoms with Crippen molar-refractivity contribution in [2.75, 3.05) is 11.9 Å². The normalized spacial score (nSPS) is 12.6. The van der Waals surface area contributed by atoms with Crippen molar-refractivity contribution in [1.29, 1.82) is 5.26 Å². The fourth-order valence-electron chi connectivity index (χ4n) is 3.08. The summed E-state index contributed by atoms with van der Waals surface area (Å²) < 4.78 is 39.5. The van der Waals surface area contributed by atoms with E-state index in [4.69, 9.17) is 0 Å². The second kappa shape index (κ2) is 9.18. The molecule has 0 aliphatic heterocycles. The lowest BCUT2D eigenvalue weighted by atomic mass is 10.1. The number of para-hydroxylation sites is 2. The number of hydrogen-bond donors (Lipinski definition) is 1. The lowest BCUT2D eigenvalue weighted by molar-refractivity contribution is 0.566. The molecule has 2 aromatic carbocycles. The van der Waals surface area contributed by atoms with Crippen molar-refractivity contribution in [2.24, 2.45) is 5.92 Å². The van der Waals surface area contributed by atoms with Crippen LogP contribution in [0.5, 0.6) is 0 Å². The predicted octanol–water partition coefficient (Wildman–Crippen LogP) is 4.66. The van der Waals surface area contributed by atoms with Crippen molar-refractivity contribution in [3.8, 4) is 6.07 Å². The van der Waals surface area contributed by atoms with Gasteiger partial charge in [0.05, 0.1) is 22.0 Å². The van der Waals surface area contributed by atoms with Gasteiger partial charge in [-0.3, -0.25) is 0 Å². The van der Waals surface area contributed by atoms with Gasteiger partial charge in [0.25, 0.3) is 0 Å². The summed E-state index contributed by atoms with van der Waals surface area (Å²) in [6.07, 6.45) is 1.87. The molecule has 156 valence electrons. The van der Waals surface area contributed by atoms with Crippen LogP contribution in [0.1, 0.15) is 37.6 Å². The minimum Gasteiger partial charge on any atom is -0.368 e. The monoisotopic (exact) mass is 426 g/mol. The molecule has 0 fully saturated rings. The fraction of sp³-hybridized carbons (Fsp3) is 0.318. The average molecular weight is 427 g/mol. The fourth-order valence-corrected chi connectivity index (χ4v) is 4.47. The molecule has 0 aliphatic carbocycles. The molecule has 0 radical (unpaired) electrons. The highest BCUT2D eigenvalue weighted by Crippen LogP contribution is 2.32. The average Bonchev–Trinajstić information content (AvgIpc) is 2.71. The zero-order valence-corrected chi connectivity index (χ0v) is 17.7. The molecule has 0 aliphatic rings. The summed E-state index contributed by atoms with van der Waals surface area (Å²) in [5, 5.41) is 11.4. The maximum absolute atomic E-state index is 13.3. The van der Waals surface area contributed by atoms with E-state index < -0.39 is 20.9 Å². The summed E-state index contributed by atoms with van der Waals surface area (Å²) >= 11 is 0. The molecule has 0 saturated carbocycles. The second-order valence-corrected chi connectivity index (χ2v) is 9.45. The van der Waals surface area contributed by atoms with Gasteiger partial charge in [-0.25, -0.2) is 22.8 Å². The summed E-state index contributed by atoms with van der Waals surface area (Å²) in [6, 6.07) is 13.4. The topological polar surface area (TPSA) is 95.7 Å². The molecule has 0 spiro atoms. The number of nitriles is 1. The van der Waals surface area contributed by atoms with E-state index in [1.807, 2.05) is 12.1 Å². The van der Waals surface area contributed by atoms with Crippen LogP contribution in [0.3, 0.4) is 0 Å². The third-order valence-corrected chi connectivity index (χ3v) is 6.54. The quantitative estimate of drug-likeness (QED) is 0.416. The first-order chi connectivity index (χ1) is 14.3. The lowest BCUT2D eigenvalue weighted by Gasteiger charge is -2.16. The molecule has 1 heterocycles. The first-order valence-corrected chi connectivity index (χ1v) is 11.3. The highest BCUT2D eigenvalue weighted by molar-refractivity contribution is 7.92. The Labute approximate surface area is 175 Å². The van der Waals surface area contributed by atoms with Crippen LogP contribution in [0.15, 0.2) is 53.4 Å². The summed E-state index contributed by atoms with van der Waals surface area (Å²) in [5.74, 6) is 0.259. The third-order valence-electron chi connectivity index (χ3n) is 4.67. The number of halogens is 1. The number of nitrogens with one attached hydrogen (secondary N) is 1. The van der Waals surface area contributed by atoms with E-state index >= 15 is 0 Å². The minimum atomic E-state index is -4.13. The number of sulfone groups is 1. The molecule has 3 aromatic rings. The van der Waals surface area contributed by atoms with Crippen molar-refractivity contribution < 1.29 is 12.8 Å². The highest BCUT2D eigenvalue weighted by atomic mass is 32.2. The molecule has 6 nitrogen and oxygen atoms in total. The van der Waals surface area contributed by atoms with Gasteiger partial charge in [-0.15, -0.1) is 0 Å². The Bertz CT molecular complexity index is 1170. The smallest absolute Gasteiger partial charge is 0.200 e. The molecule has 3 rings (SSSR count). The number of fused-ring (bicyclic) bond motifs is 1. The molecule has 1 atom stereocenters. The molecule has 8 heteroatoms. The molecule has 0 saturated heterocycles. The largest absolute Gasteiger partial charge is 0.368 e. The number of aromatic nitrogens is 2. The van der Waals surface area contributed by atoms with E-state index in [9.17, 15) is 18.1 Å². The number of rotatable bonds is 8. The van der Waals surface area contributed by atoms with Crippen molar-refractivity contribution >= 4 is 26.7 Å². The van der Waals surface area contributed by atoms with E-state index in [-0.39, 0.29) is 16.4 Å². The zero-order valence-electron chi connectivity index (χ0n) is 16.8. The SMILES string of the molecule is CC(C)CCCNc1nc2ccccc2nc1C(C#N)S(=O)(=O)c1ccc(F)cc1. The Morgan fingerprint density at radius 2 is 1.70 bits per heavy atom. The van der Waals surface area contributed by atoms with Crippen molar-refractivity contribution in [3.63, 3.8) is 0 Å². The van der Waals surface area contributed by atoms with Crippen LogP contribution in [-0.4, -0.2) is 24.9 Å². The number of nitrogens with zero attached hydrogens (tertiary/aromatic N) is 3. The maximum Gasteiger partial charge on any atom is 0.200 e. The van der Waals surface area contributed by atoms with Gasteiger partial charge in [0.15, 0.2) is 11.1 Å². The Morgan fingerprint density at radius 3 is 2.30 bits per heavy atom. The molecular weight excluding hydrogens is 403 g/mol. The summed E-state index contributed by atoms with van der Waals surface area (Å²) in [4.78, 5) is 8.86. The maximum atomic E-state index is 13.3. The van der Waals surface area contributed by atoms with Gasteiger partial charge in [-0.1, -0.05) is 26.0 Å². The van der Waals surface area contributed by atoms with Gasteiger partial charge in [0.1, 0.15) is 11.5 Å². The van der Waals surface area contributed by atoms with Crippen LogP contribution in [0.4, 0.5) is 10.2 Å². The number of anilines is 1.